The predicted molar refractivity (Wildman–Crippen MR) is 35.4 cm³/mol. The number of aliphatic hydroxyl groups excluding tert-OH is 1. The fourth-order valence-electron chi connectivity index (χ4n) is 0.552. The molecule has 0 aromatic rings. The Labute approximate surface area is 67.4 Å². The van der Waals surface area contributed by atoms with Crippen LogP contribution >= 0.6 is 0 Å². The van der Waals surface area contributed by atoms with Crippen molar-refractivity contribution in [1.29, 1.82) is 0 Å². The number of carboxylic acid groups (broad SMARTS) is 2. The lowest BCUT2D eigenvalue weighted by Crippen LogP contribution is -2.36. The zero-order valence-electron chi connectivity index (χ0n) is 6.22. The van der Waals surface area contributed by atoms with E-state index in [4.69, 9.17) is 15.3 Å². The number of carbonyl (C=O) groups excluding carboxylic acids is 1. The lowest BCUT2D eigenvalue weighted by atomic mass is 10.00. The maximum Gasteiger partial charge on any atom is 0.372 e. The average Bonchev–Trinajstić information content (AvgIpc) is 2.00. The number of carbonyl (C=O) groups is 3. The molecule has 0 aliphatic heterocycles. The molecule has 0 radical (unpaired) electrons. The highest BCUT2D eigenvalue weighted by molar-refractivity contribution is 6.33. The average molecular weight is 176 g/mol. The summed E-state index contributed by atoms with van der Waals surface area (Å²) < 4.78 is 0. The molecule has 0 aliphatic rings. The first-order valence-corrected chi connectivity index (χ1v) is 3.06. The number of rotatable bonds is 4. The molecule has 6 heteroatoms. The summed E-state index contributed by atoms with van der Waals surface area (Å²) in [5, 5.41) is 25.0. The Kier molecular flexibility index (Phi) is 3.36. The van der Waals surface area contributed by atoms with Crippen molar-refractivity contribution in [3.05, 3.63) is 0 Å². The minimum Gasteiger partial charge on any atom is -0.479 e. The zero-order valence-corrected chi connectivity index (χ0v) is 6.22. The topological polar surface area (TPSA) is 112 Å². The normalized spacial score (nSPS) is 14.8. The Morgan fingerprint density at radius 3 is 1.83 bits per heavy atom. The van der Waals surface area contributed by atoms with E-state index in [9.17, 15) is 14.4 Å². The van der Waals surface area contributed by atoms with Gasteiger partial charge in [0.1, 0.15) is 0 Å². The number of aliphatic carboxylic acids is 2. The predicted octanol–water partition coefficient (Wildman–Crippen LogP) is -1.28. The third-order valence-electron chi connectivity index (χ3n) is 1.35. The van der Waals surface area contributed by atoms with Gasteiger partial charge in [-0.3, -0.25) is 4.79 Å². The number of aliphatic hydroxyl groups is 1. The van der Waals surface area contributed by atoms with Crippen molar-refractivity contribution in [3.63, 3.8) is 0 Å². The monoisotopic (exact) mass is 176 g/mol. The SMILES string of the molecule is CC(C(=O)C(=O)O)C(O)C(=O)O. The largest absolute Gasteiger partial charge is 0.479 e. The molecule has 3 N–H and O–H groups in total. The third-order valence-corrected chi connectivity index (χ3v) is 1.35. The molecule has 6 nitrogen and oxygen atoms in total. The van der Waals surface area contributed by atoms with E-state index in [-0.39, 0.29) is 0 Å². The Bertz CT molecular complexity index is 220. The molecule has 0 saturated heterocycles. The summed E-state index contributed by atoms with van der Waals surface area (Å²) >= 11 is 0. The summed E-state index contributed by atoms with van der Waals surface area (Å²) in [4.78, 5) is 30.7. The molecule has 0 rings (SSSR count). The van der Waals surface area contributed by atoms with Crippen molar-refractivity contribution in [2.24, 2.45) is 5.92 Å². The number of carboxylic acids is 2. The van der Waals surface area contributed by atoms with Crippen LogP contribution < -0.4 is 0 Å². The second kappa shape index (κ2) is 3.82. The van der Waals surface area contributed by atoms with Crippen LogP contribution in [0.15, 0.2) is 0 Å². The molecule has 0 heterocycles. The molecular formula is C6H8O6. The van der Waals surface area contributed by atoms with Crippen molar-refractivity contribution in [2.75, 3.05) is 0 Å². The van der Waals surface area contributed by atoms with Crippen LogP contribution in [0.1, 0.15) is 6.92 Å². The molecule has 0 aromatic carbocycles. The van der Waals surface area contributed by atoms with E-state index < -0.39 is 29.7 Å². The Balaban J connectivity index is 4.39. The minimum atomic E-state index is -1.96. The lowest BCUT2D eigenvalue weighted by Gasteiger charge is -2.10. The molecule has 68 valence electrons. The maximum atomic E-state index is 10.6. The molecule has 0 aliphatic carbocycles. The van der Waals surface area contributed by atoms with Gasteiger partial charge in [0, 0.05) is 0 Å². The van der Waals surface area contributed by atoms with Gasteiger partial charge in [-0.05, 0) is 0 Å². The van der Waals surface area contributed by atoms with Crippen LogP contribution in [0.25, 0.3) is 0 Å². The van der Waals surface area contributed by atoms with Gasteiger partial charge in [0.15, 0.2) is 6.10 Å². The molecule has 0 fully saturated rings. The van der Waals surface area contributed by atoms with Crippen molar-refractivity contribution in [3.8, 4) is 0 Å². The van der Waals surface area contributed by atoms with Gasteiger partial charge in [-0.25, -0.2) is 9.59 Å². The van der Waals surface area contributed by atoms with Gasteiger partial charge in [-0.2, -0.15) is 0 Å². The summed E-state index contributed by atoms with van der Waals surface area (Å²) in [5.41, 5.74) is 0. The van der Waals surface area contributed by atoms with Crippen LogP contribution in [0.3, 0.4) is 0 Å². The number of ketones is 1. The van der Waals surface area contributed by atoms with E-state index in [1.54, 1.807) is 0 Å². The van der Waals surface area contributed by atoms with Crippen LogP contribution in [0.5, 0.6) is 0 Å². The highest BCUT2D eigenvalue weighted by Gasteiger charge is 2.31. The van der Waals surface area contributed by atoms with E-state index in [1.807, 2.05) is 0 Å². The van der Waals surface area contributed by atoms with Gasteiger partial charge in [0.2, 0.25) is 5.78 Å². The van der Waals surface area contributed by atoms with Crippen molar-refractivity contribution in [1.82, 2.24) is 0 Å². The van der Waals surface area contributed by atoms with E-state index in [0.29, 0.717) is 0 Å². The third kappa shape index (κ3) is 2.31. The zero-order chi connectivity index (χ0) is 9.89. The van der Waals surface area contributed by atoms with Crippen molar-refractivity contribution in [2.45, 2.75) is 13.0 Å². The van der Waals surface area contributed by atoms with Crippen LogP contribution in [0, 0.1) is 5.92 Å². The summed E-state index contributed by atoms with van der Waals surface area (Å²) in [7, 11) is 0. The van der Waals surface area contributed by atoms with Crippen molar-refractivity contribution >= 4 is 17.7 Å². The van der Waals surface area contributed by atoms with E-state index in [0.717, 1.165) is 6.92 Å². The summed E-state index contributed by atoms with van der Waals surface area (Å²) in [6.07, 6.45) is -1.96. The Morgan fingerprint density at radius 2 is 1.58 bits per heavy atom. The number of Topliss-reactive ketones (excluding diaryl/α,β-unsaturated/α-hetero) is 1. The first-order chi connectivity index (χ1) is 5.37. The fraction of sp³-hybridized carbons (Fsp3) is 0.500. The molecular weight excluding hydrogens is 168 g/mol. The van der Waals surface area contributed by atoms with Gasteiger partial charge in [-0.1, -0.05) is 6.92 Å². The molecule has 0 aromatic heterocycles. The Hall–Kier alpha value is -1.43. The second-order valence-electron chi connectivity index (χ2n) is 2.24. The number of hydrogen-bond acceptors (Lipinski definition) is 4. The first kappa shape index (κ1) is 10.6. The van der Waals surface area contributed by atoms with Gasteiger partial charge < -0.3 is 15.3 Å². The van der Waals surface area contributed by atoms with E-state index in [1.165, 1.54) is 0 Å². The van der Waals surface area contributed by atoms with Crippen LogP contribution in [0.4, 0.5) is 0 Å². The van der Waals surface area contributed by atoms with Crippen molar-refractivity contribution < 1.29 is 29.7 Å². The molecule has 0 amide bonds. The van der Waals surface area contributed by atoms with E-state index >= 15 is 0 Å². The summed E-state index contributed by atoms with van der Waals surface area (Å²) in [6, 6.07) is 0. The quantitative estimate of drug-likeness (QED) is 0.460. The summed E-state index contributed by atoms with van der Waals surface area (Å²) in [5.74, 6) is -6.11. The fourth-order valence-corrected chi connectivity index (χ4v) is 0.552. The van der Waals surface area contributed by atoms with E-state index in [2.05, 4.69) is 0 Å². The second-order valence-corrected chi connectivity index (χ2v) is 2.24. The highest BCUT2D eigenvalue weighted by Crippen LogP contribution is 2.04. The molecule has 0 saturated carbocycles. The molecule has 2 unspecified atom stereocenters. The number of hydrogen-bond donors (Lipinski definition) is 3. The van der Waals surface area contributed by atoms with Gasteiger partial charge in [-0.15, -0.1) is 0 Å². The molecule has 0 spiro atoms. The van der Waals surface area contributed by atoms with Gasteiger partial charge >= 0.3 is 11.9 Å². The minimum absolute atomic E-state index is 1.04. The highest BCUT2D eigenvalue weighted by atomic mass is 16.4. The lowest BCUT2D eigenvalue weighted by molar-refractivity contribution is -0.158. The standard InChI is InChI=1S/C6H8O6/c1-2(3(7)5(9)10)4(8)6(11)12/h2-3,7H,1H3,(H,9,10)(H,11,12). The maximum absolute atomic E-state index is 10.6. The molecule has 12 heavy (non-hydrogen) atoms. The van der Waals surface area contributed by atoms with Crippen LogP contribution in [-0.4, -0.2) is 39.1 Å². The van der Waals surface area contributed by atoms with Gasteiger partial charge in [0.05, 0.1) is 5.92 Å². The van der Waals surface area contributed by atoms with Gasteiger partial charge in [0.25, 0.3) is 0 Å². The van der Waals surface area contributed by atoms with Crippen LogP contribution in [-0.2, 0) is 14.4 Å². The Morgan fingerprint density at radius 1 is 1.17 bits per heavy atom. The first-order valence-electron chi connectivity index (χ1n) is 3.06. The summed E-state index contributed by atoms with van der Waals surface area (Å²) in [6.45, 7) is 1.04. The van der Waals surface area contributed by atoms with Crippen LogP contribution in [0.2, 0.25) is 0 Å². The molecule has 0 bridgehead atoms. The smallest absolute Gasteiger partial charge is 0.372 e. The molecule has 2 atom stereocenters.